The molecule has 2 aromatic rings. The minimum atomic E-state index is -0.287. The first-order chi connectivity index (χ1) is 7.61. The fourth-order valence-corrected chi connectivity index (χ4v) is 1.70. The molecule has 0 aliphatic rings. The van der Waals surface area contributed by atoms with E-state index in [-0.39, 0.29) is 5.82 Å². The largest absolute Gasteiger partial charge is 0.298 e. The first-order valence-electron chi connectivity index (χ1n) is 4.87. The lowest BCUT2D eigenvalue weighted by molar-refractivity contribution is 0.112. The second kappa shape index (κ2) is 3.89. The number of aromatic nitrogens is 2. The van der Waals surface area contributed by atoms with Gasteiger partial charge in [0.15, 0.2) is 6.29 Å². The molecular weight excluding hydrogens is 207 g/mol. The van der Waals surface area contributed by atoms with Gasteiger partial charge in [0.05, 0.1) is 5.56 Å². The van der Waals surface area contributed by atoms with E-state index in [1.165, 1.54) is 12.1 Å². The van der Waals surface area contributed by atoms with Crippen LogP contribution in [-0.4, -0.2) is 16.1 Å². The Hall–Kier alpha value is -1.97. The van der Waals surface area contributed by atoms with Crippen molar-refractivity contribution in [3.05, 3.63) is 41.3 Å². The normalized spacial score (nSPS) is 10.4. The van der Waals surface area contributed by atoms with E-state index in [1.807, 2.05) is 0 Å². The Morgan fingerprint density at radius 3 is 2.81 bits per heavy atom. The average molecular weight is 218 g/mol. The Kier molecular flexibility index (Phi) is 2.56. The smallest absolute Gasteiger partial charge is 0.153 e. The summed E-state index contributed by atoms with van der Waals surface area (Å²) >= 11 is 0. The monoisotopic (exact) mass is 218 g/mol. The summed E-state index contributed by atoms with van der Waals surface area (Å²) in [6.07, 6.45) is 2.40. The number of rotatable bonds is 2. The van der Waals surface area contributed by atoms with E-state index in [0.717, 1.165) is 17.4 Å². The molecule has 0 fully saturated rings. The molecule has 0 atom stereocenters. The first kappa shape index (κ1) is 10.5. The summed E-state index contributed by atoms with van der Waals surface area (Å²) in [4.78, 5) is 10.9. The van der Waals surface area contributed by atoms with Crippen molar-refractivity contribution in [2.75, 3.05) is 0 Å². The minimum absolute atomic E-state index is 0.287. The van der Waals surface area contributed by atoms with Gasteiger partial charge in [0, 0.05) is 18.8 Å². The van der Waals surface area contributed by atoms with Gasteiger partial charge in [-0.2, -0.15) is 5.10 Å². The number of aryl methyl sites for hydroxylation is 2. The quantitative estimate of drug-likeness (QED) is 0.725. The van der Waals surface area contributed by atoms with Crippen LogP contribution < -0.4 is 0 Å². The van der Waals surface area contributed by atoms with Crippen LogP contribution in [0.1, 0.15) is 15.9 Å². The molecule has 1 aromatic heterocycles. The zero-order valence-electron chi connectivity index (χ0n) is 9.07. The third-order valence-corrected chi connectivity index (χ3v) is 2.43. The Morgan fingerprint density at radius 2 is 2.19 bits per heavy atom. The van der Waals surface area contributed by atoms with Crippen LogP contribution in [0.25, 0.3) is 11.3 Å². The third-order valence-electron chi connectivity index (χ3n) is 2.43. The van der Waals surface area contributed by atoms with E-state index >= 15 is 0 Å². The predicted molar refractivity (Wildman–Crippen MR) is 58.7 cm³/mol. The lowest BCUT2D eigenvalue weighted by Gasteiger charge is -2.03. The molecule has 0 bridgehead atoms. The summed E-state index contributed by atoms with van der Waals surface area (Å²) in [5.74, 6) is -0.287. The van der Waals surface area contributed by atoms with Crippen molar-refractivity contribution in [3.8, 4) is 11.3 Å². The van der Waals surface area contributed by atoms with Crippen LogP contribution in [0.3, 0.4) is 0 Å². The van der Waals surface area contributed by atoms with Gasteiger partial charge in [-0.15, -0.1) is 0 Å². The van der Waals surface area contributed by atoms with Crippen LogP contribution in [0.4, 0.5) is 4.39 Å². The van der Waals surface area contributed by atoms with Crippen LogP contribution in [0.5, 0.6) is 0 Å². The van der Waals surface area contributed by atoms with Crippen molar-refractivity contribution in [2.45, 2.75) is 6.92 Å². The topological polar surface area (TPSA) is 34.9 Å². The summed E-state index contributed by atoms with van der Waals surface area (Å²) < 4.78 is 14.5. The molecule has 0 spiro atoms. The molecule has 1 heterocycles. The van der Waals surface area contributed by atoms with E-state index in [2.05, 4.69) is 5.10 Å². The fourth-order valence-electron chi connectivity index (χ4n) is 1.70. The lowest BCUT2D eigenvalue weighted by Crippen LogP contribution is -1.91. The Bertz CT molecular complexity index is 546. The molecule has 0 aliphatic carbocycles. The Balaban J connectivity index is 2.62. The van der Waals surface area contributed by atoms with Gasteiger partial charge in [-0.1, -0.05) is 0 Å². The number of carbonyl (C=O) groups excluding carboxylic acids is 1. The van der Waals surface area contributed by atoms with Crippen LogP contribution in [-0.2, 0) is 7.05 Å². The zero-order chi connectivity index (χ0) is 11.7. The molecule has 0 saturated carbocycles. The van der Waals surface area contributed by atoms with Crippen molar-refractivity contribution in [2.24, 2.45) is 7.05 Å². The highest BCUT2D eigenvalue weighted by atomic mass is 19.1. The molecule has 4 heteroatoms. The number of aldehydes is 1. The highest BCUT2D eigenvalue weighted by Crippen LogP contribution is 2.24. The van der Waals surface area contributed by atoms with E-state index < -0.39 is 0 Å². The van der Waals surface area contributed by atoms with Gasteiger partial charge in [-0.05, 0) is 30.7 Å². The molecule has 82 valence electrons. The van der Waals surface area contributed by atoms with Crippen LogP contribution in [0.15, 0.2) is 24.4 Å². The second-order valence-corrected chi connectivity index (χ2v) is 3.68. The second-order valence-electron chi connectivity index (χ2n) is 3.68. The zero-order valence-corrected chi connectivity index (χ0v) is 9.07. The van der Waals surface area contributed by atoms with E-state index in [4.69, 9.17) is 0 Å². The molecule has 2 rings (SSSR count). The molecule has 0 amide bonds. The maximum atomic E-state index is 13.0. The van der Waals surface area contributed by atoms with E-state index in [0.29, 0.717) is 11.3 Å². The number of hydrogen-bond donors (Lipinski definition) is 0. The van der Waals surface area contributed by atoms with Crippen LogP contribution in [0, 0.1) is 12.7 Å². The summed E-state index contributed by atoms with van der Waals surface area (Å²) in [6.45, 7) is 1.79. The van der Waals surface area contributed by atoms with Crippen LogP contribution in [0.2, 0.25) is 0 Å². The maximum absolute atomic E-state index is 13.0. The molecule has 0 radical (unpaired) electrons. The fraction of sp³-hybridized carbons (Fsp3) is 0.167. The molecule has 0 N–H and O–H groups in total. The summed E-state index contributed by atoms with van der Waals surface area (Å²) in [5, 5.41) is 4.21. The summed E-state index contributed by atoms with van der Waals surface area (Å²) in [5.41, 5.74) is 2.65. The first-order valence-corrected chi connectivity index (χ1v) is 4.87. The summed E-state index contributed by atoms with van der Waals surface area (Å²) in [7, 11) is 1.75. The Morgan fingerprint density at radius 1 is 1.44 bits per heavy atom. The number of benzene rings is 1. The third kappa shape index (κ3) is 1.74. The van der Waals surface area contributed by atoms with E-state index in [9.17, 15) is 9.18 Å². The summed E-state index contributed by atoms with van der Waals surface area (Å²) in [6, 6.07) is 4.43. The Labute approximate surface area is 92.5 Å². The van der Waals surface area contributed by atoms with Gasteiger partial charge in [0.1, 0.15) is 11.5 Å². The SMILES string of the molecule is Cc1cc(F)ccc1-c1nn(C)cc1C=O. The van der Waals surface area contributed by atoms with Crippen molar-refractivity contribution in [3.63, 3.8) is 0 Å². The molecular formula is C12H11FN2O. The molecule has 0 unspecified atom stereocenters. The number of carbonyl (C=O) groups is 1. The van der Waals surface area contributed by atoms with Crippen molar-refractivity contribution < 1.29 is 9.18 Å². The molecule has 16 heavy (non-hydrogen) atoms. The molecule has 1 aromatic carbocycles. The lowest BCUT2D eigenvalue weighted by atomic mass is 10.0. The van der Waals surface area contributed by atoms with Crippen molar-refractivity contribution in [1.82, 2.24) is 9.78 Å². The van der Waals surface area contributed by atoms with Crippen molar-refractivity contribution in [1.29, 1.82) is 0 Å². The molecule has 3 nitrogen and oxygen atoms in total. The average Bonchev–Trinajstić information content (AvgIpc) is 2.59. The standard InChI is InChI=1S/C12H11FN2O/c1-8-5-10(13)3-4-11(8)12-9(7-16)6-15(2)14-12/h3-7H,1-2H3. The van der Waals surface area contributed by atoms with Gasteiger partial charge in [0.2, 0.25) is 0 Å². The van der Waals surface area contributed by atoms with E-state index in [1.54, 1.807) is 30.9 Å². The van der Waals surface area contributed by atoms with Gasteiger partial charge in [0.25, 0.3) is 0 Å². The number of nitrogens with zero attached hydrogens (tertiary/aromatic N) is 2. The minimum Gasteiger partial charge on any atom is -0.298 e. The van der Waals surface area contributed by atoms with Crippen LogP contribution >= 0.6 is 0 Å². The van der Waals surface area contributed by atoms with Crippen molar-refractivity contribution >= 4 is 6.29 Å². The van der Waals surface area contributed by atoms with Gasteiger partial charge >= 0.3 is 0 Å². The van der Waals surface area contributed by atoms with Gasteiger partial charge < -0.3 is 0 Å². The molecule has 0 aliphatic heterocycles. The maximum Gasteiger partial charge on any atom is 0.153 e. The van der Waals surface area contributed by atoms with Gasteiger partial charge in [-0.25, -0.2) is 4.39 Å². The highest BCUT2D eigenvalue weighted by Gasteiger charge is 2.11. The van der Waals surface area contributed by atoms with Gasteiger partial charge in [-0.3, -0.25) is 9.48 Å². The highest BCUT2D eigenvalue weighted by molar-refractivity contribution is 5.86. The number of hydrogen-bond acceptors (Lipinski definition) is 2. The molecule has 0 saturated heterocycles. The predicted octanol–water partition coefficient (Wildman–Crippen LogP) is 2.35. The number of halogens is 1.